The third kappa shape index (κ3) is 4.16. The quantitative estimate of drug-likeness (QED) is 0.617. The molecule has 3 rings (SSSR count). The molecule has 0 amide bonds. The first-order valence-corrected chi connectivity index (χ1v) is 9.87. The van der Waals surface area contributed by atoms with Crippen LogP contribution in [-0.4, -0.2) is 48.6 Å². The average molecular weight is 428 g/mol. The summed E-state index contributed by atoms with van der Waals surface area (Å²) in [5.41, 5.74) is 0.264. The number of halogens is 3. The highest BCUT2D eigenvalue weighted by molar-refractivity contribution is 7.90. The fourth-order valence-corrected chi connectivity index (χ4v) is 3.03. The number of rotatable bonds is 5. The molecule has 0 atom stereocenters. The number of ether oxygens (including phenoxy) is 2. The summed E-state index contributed by atoms with van der Waals surface area (Å²) in [6.07, 6.45) is -2.75. The number of nitrogens with zero attached hydrogens (tertiary/aromatic N) is 4. The van der Waals surface area contributed by atoms with Gasteiger partial charge in [-0.25, -0.2) is 18.4 Å². The van der Waals surface area contributed by atoms with Gasteiger partial charge < -0.3 is 9.47 Å². The van der Waals surface area contributed by atoms with Crippen LogP contribution < -0.4 is 9.47 Å². The summed E-state index contributed by atoms with van der Waals surface area (Å²) in [4.78, 5) is 7.46. The average Bonchev–Trinajstić information content (AvgIpc) is 3.12. The molecule has 0 aliphatic rings. The second kappa shape index (κ2) is 7.35. The van der Waals surface area contributed by atoms with E-state index in [0.29, 0.717) is 5.75 Å². The maximum absolute atomic E-state index is 13.2. The normalized spacial score (nSPS) is 12.1. The van der Waals surface area contributed by atoms with Crippen LogP contribution in [0.4, 0.5) is 13.2 Å². The molecule has 0 N–H and O–H groups in total. The highest BCUT2D eigenvalue weighted by Gasteiger charge is 2.37. The topological polar surface area (TPSA) is 96.2 Å². The minimum Gasteiger partial charge on any atom is -0.493 e. The molecule has 2 aromatic heterocycles. The molecule has 1 aromatic carbocycles. The number of hydrogen-bond donors (Lipinski definition) is 0. The molecule has 0 unspecified atom stereocenters. The number of aromatic nitrogens is 4. The van der Waals surface area contributed by atoms with Crippen molar-refractivity contribution < 1.29 is 31.1 Å². The van der Waals surface area contributed by atoms with Crippen LogP contribution >= 0.6 is 0 Å². The summed E-state index contributed by atoms with van der Waals surface area (Å²) < 4.78 is 74.0. The van der Waals surface area contributed by atoms with E-state index in [0.717, 1.165) is 17.1 Å². The van der Waals surface area contributed by atoms with Gasteiger partial charge in [-0.15, -0.1) is 5.10 Å². The number of alkyl halides is 3. The van der Waals surface area contributed by atoms with Crippen molar-refractivity contribution in [3.63, 3.8) is 0 Å². The Labute approximate surface area is 163 Å². The molecule has 0 saturated carbocycles. The van der Waals surface area contributed by atoms with E-state index >= 15 is 0 Å². The molecule has 0 spiro atoms. The molecule has 0 fully saturated rings. The smallest absolute Gasteiger partial charge is 0.453 e. The number of benzene rings is 1. The summed E-state index contributed by atoms with van der Waals surface area (Å²) in [7, 11) is -0.704. The van der Waals surface area contributed by atoms with E-state index < -0.39 is 21.8 Å². The first kappa shape index (κ1) is 20.6. The highest BCUT2D eigenvalue weighted by atomic mass is 32.2. The van der Waals surface area contributed by atoms with E-state index in [1.54, 1.807) is 0 Å². The van der Waals surface area contributed by atoms with Gasteiger partial charge in [0.05, 0.1) is 19.1 Å². The van der Waals surface area contributed by atoms with Gasteiger partial charge >= 0.3 is 6.18 Å². The number of sulfone groups is 1. The second-order valence-corrected chi connectivity index (χ2v) is 7.88. The lowest BCUT2D eigenvalue weighted by Crippen LogP contribution is -2.09. The van der Waals surface area contributed by atoms with Gasteiger partial charge in [-0.2, -0.15) is 17.9 Å². The molecule has 0 radical (unpaired) electrons. The molecule has 0 aliphatic heterocycles. The van der Waals surface area contributed by atoms with E-state index in [-0.39, 0.29) is 27.9 Å². The molecular formula is C17H15F3N4O4S. The van der Waals surface area contributed by atoms with Crippen LogP contribution in [0.25, 0.3) is 17.2 Å². The molecule has 2 heterocycles. The first-order chi connectivity index (χ1) is 13.5. The number of pyridine rings is 1. The van der Waals surface area contributed by atoms with Gasteiger partial charge in [0.1, 0.15) is 0 Å². The number of hydrogen-bond acceptors (Lipinski definition) is 7. The van der Waals surface area contributed by atoms with Crippen molar-refractivity contribution in [3.05, 3.63) is 42.4 Å². The lowest BCUT2D eigenvalue weighted by Gasteiger charge is -2.10. The largest absolute Gasteiger partial charge is 0.493 e. The Bertz CT molecular complexity index is 1140. The van der Waals surface area contributed by atoms with E-state index in [2.05, 4.69) is 15.1 Å². The fraction of sp³-hybridized carbons (Fsp3) is 0.235. The zero-order valence-corrected chi connectivity index (χ0v) is 16.2. The van der Waals surface area contributed by atoms with Gasteiger partial charge in [0.15, 0.2) is 33.0 Å². The Morgan fingerprint density at radius 3 is 2.24 bits per heavy atom. The predicted molar refractivity (Wildman–Crippen MR) is 95.8 cm³/mol. The maximum Gasteiger partial charge on any atom is 0.453 e. The van der Waals surface area contributed by atoms with E-state index in [1.807, 2.05) is 0 Å². The van der Waals surface area contributed by atoms with Gasteiger partial charge in [0.25, 0.3) is 5.82 Å². The fourth-order valence-electron chi connectivity index (χ4n) is 2.47. The first-order valence-electron chi connectivity index (χ1n) is 7.97. The molecule has 29 heavy (non-hydrogen) atoms. The molecule has 0 saturated heterocycles. The SMILES string of the molecule is COc1ccc(-c2nc(C(F)(F)F)nn2-c2ccc(S(C)(=O)=O)cn2)cc1OC. The highest BCUT2D eigenvalue weighted by Crippen LogP contribution is 2.34. The van der Waals surface area contributed by atoms with Crippen LogP contribution in [0.3, 0.4) is 0 Å². The van der Waals surface area contributed by atoms with Crippen LogP contribution in [0.1, 0.15) is 5.82 Å². The molecule has 8 nitrogen and oxygen atoms in total. The summed E-state index contributed by atoms with van der Waals surface area (Å²) in [6, 6.07) is 6.93. The summed E-state index contributed by atoms with van der Waals surface area (Å²) in [5.74, 6) is -0.887. The Balaban J connectivity index is 2.19. The van der Waals surface area contributed by atoms with Crippen molar-refractivity contribution in [1.29, 1.82) is 0 Å². The van der Waals surface area contributed by atoms with Crippen LogP contribution in [0.5, 0.6) is 11.5 Å². The minimum atomic E-state index is -4.79. The minimum absolute atomic E-state index is 0.0369. The molecule has 3 aromatic rings. The Hall–Kier alpha value is -3.15. The van der Waals surface area contributed by atoms with Crippen molar-refractivity contribution in [2.24, 2.45) is 0 Å². The Morgan fingerprint density at radius 1 is 1.03 bits per heavy atom. The van der Waals surface area contributed by atoms with E-state index in [1.165, 1.54) is 44.6 Å². The van der Waals surface area contributed by atoms with Crippen molar-refractivity contribution >= 4 is 9.84 Å². The summed E-state index contributed by atoms with van der Waals surface area (Å²) >= 11 is 0. The standard InChI is InChI=1S/C17H15F3N4O4S/c1-27-12-6-4-10(8-13(12)28-2)15-22-16(17(18,19)20)23-24(15)14-7-5-11(9-21-14)29(3,25)26/h4-9H,1-3H3. The molecular weight excluding hydrogens is 413 g/mol. The van der Waals surface area contributed by atoms with Crippen molar-refractivity contribution in [1.82, 2.24) is 19.7 Å². The van der Waals surface area contributed by atoms with Crippen molar-refractivity contribution in [2.45, 2.75) is 11.1 Å². The Morgan fingerprint density at radius 2 is 1.72 bits per heavy atom. The van der Waals surface area contributed by atoms with E-state index in [9.17, 15) is 21.6 Å². The van der Waals surface area contributed by atoms with Gasteiger partial charge in [-0.05, 0) is 30.3 Å². The molecule has 154 valence electrons. The van der Waals surface area contributed by atoms with Crippen LogP contribution in [-0.2, 0) is 16.0 Å². The Kier molecular flexibility index (Phi) is 5.22. The lowest BCUT2D eigenvalue weighted by molar-refractivity contribution is -0.144. The molecule has 0 bridgehead atoms. The van der Waals surface area contributed by atoms with Gasteiger partial charge in [-0.3, -0.25) is 0 Å². The number of methoxy groups -OCH3 is 2. The van der Waals surface area contributed by atoms with E-state index in [4.69, 9.17) is 9.47 Å². The van der Waals surface area contributed by atoms with Crippen molar-refractivity contribution in [3.8, 4) is 28.7 Å². The summed E-state index contributed by atoms with van der Waals surface area (Å²) in [6.45, 7) is 0. The van der Waals surface area contributed by atoms with Crippen LogP contribution in [0, 0.1) is 0 Å². The van der Waals surface area contributed by atoms with Crippen LogP contribution in [0.15, 0.2) is 41.4 Å². The monoisotopic (exact) mass is 428 g/mol. The zero-order chi connectivity index (χ0) is 21.4. The molecule has 12 heteroatoms. The second-order valence-electron chi connectivity index (χ2n) is 5.86. The zero-order valence-electron chi connectivity index (χ0n) is 15.4. The summed E-state index contributed by atoms with van der Waals surface area (Å²) in [5, 5.41) is 3.51. The van der Waals surface area contributed by atoms with Crippen molar-refractivity contribution in [2.75, 3.05) is 20.5 Å². The van der Waals surface area contributed by atoms with Gasteiger partial charge in [0, 0.05) is 18.0 Å². The van der Waals surface area contributed by atoms with Gasteiger partial charge in [-0.1, -0.05) is 0 Å². The molecule has 0 aliphatic carbocycles. The van der Waals surface area contributed by atoms with Crippen LogP contribution in [0.2, 0.25) is 0 Å². The third-order valence-electron chi connectivity index (χ3n) is 3.87. The third-order valence-corrected chi connectivity index (χ3v) is 4.97. The van der Waals surface area contributed by atoms with Gasteiger partial charge in [0.2, 0.25) is 0 Å². The lowest BCUT2D eigenvalue weighted by atomic mass is 10.2. The maximum atomic E-state index is 13.2. The predicted octanol–water partition coefficient (Wildman–Crippen LogP) is 2.77.